The summed E-state index contributed by atoms with van der Waals surface area (Å²) in [6.07, 6.45) is 9.95. The molecule has 0 aromatic rings. The Kier molecular flexibility index (Phi) is 9.49. The molecule has 3 saturated heterocycles. The average molecular weight is 507 g/mol. The van der Waals surface area contributed by atoms with E-state index < -0.39 is 27.4 Å². The van der Waals surface area contributed by atoms with Crippen molar-refractivity contribution in [2.45, 2.75) is 80.7 Å². The number of thioether (sulfide) groups is 1. The van der Waals surface area contributed by atoms with E-state index in [-0.39, 0.29) is 31.0 Å². The summed E-state index contributed by atoms with van der Waals surface area (Å²) in [5.74, 6) is -1.62. The predicted molar refractivity (Wildman–Crippen MR) is 139 cm³/mol. The second-order valence-electron chi connectivity index (χ2n) is 10.2. The first-order valence-electron chi connectivity index (χ1n) is 13.1. The first-order valence-corrected chi connectivity index (χ1v) is 13.9. The fourth-order valence-corrected chi connectivity index (χ4v) is 8.62. The number of hydrogen-bond acceptors (Lipinski definition) is 6. The molecule has 1 spiro atoms. The van der Waals surface area contributed by atoms with Gasteiger partial charge in [0, 0.05) is 31.0 Å². The lowest BCUT2D eigenvalue weighted by Gasteiger charge is -2.37. The van der Waals surface area contributed by atoms with Crippen LogP contribution in [0.3, 0.4) is 0 Å². The first-order chi connectivity index (χ1) is 16.8. The van der Waals surface area contributed by atoms with Crippen LogP contribution < -0.4 is 0 Å². The van der Waals surface area contributed by atoms with Crippen molar-refractivity contribution in [3.63, 3.8) is 0 Å². The zero-order valence-corrected chi connectivity index (χ0v) is 22.2. The minimum absolute atomic E-state index is 0.0316. The summed E-state index contributed by atoms with van der Waals surface area (Å²) in [7, 11) is 0. The van der Waals surface area contributed by atoms with Gasteiger partial charge < -0.3 is 19.6 Å². The summed E-state index contributed by atoms with van der Waals surface area (Å²) in [6, 6.07) is -0.597. The topological polar surface area (TPSA) is 87.1 Å². The van der Waals surface area contributed by atoms with Gasteiger partial charge in [0.05, 0.1) is 16.6 Å². The summed E-state index contributed by atoms with van der Waals surface area (Å²) in [6.45, 7) is 13.4. The SMILES string of the molecule is C=CCOC(=O)[C@H]1[C@H]2C(=O)N(CCCCCO)C(C(=O)N(CC=C)CCCCC)C23CC[C@]1(C)S3. The van der Waals surface area contributed by atoms with Gasteiger partial charge in [-0.05, 0) is 45.4 Å². The third-order valence-corrected chi connectivity index (χ3v) is 9.84. The number of fused-ring (bicyclic) bond motifs is 1. The van der Waals surface area contributed by atoms with Gasteiger partial charge in [0.15, 0.2) is 0 Å². The standard InChI is InChI=1S/C27H42N2O5S/c1-5-8-10-16-28(15-6-2)24(32)22-27-14-13-26(4,35-27)21(25(33)34-19-7-3)20(27)23(31)29(22)17-11-9-12-18-30/h6-7,20-22,30H,2-3,5,8-19H2,1,4H3/t20-,21+,22?,26-,27?/m0/s1. The molecule has 0 radical (unpaired) electrons. The molecule has 3 rings (SSSR count). The van der Waals surface area contributed by atoms with Gasteiger partial charge in [0.2, 0.25) is 11.8 Å². The molecule has 3 aliphatic rings. The highest BCUT2D eigenvalue weighted by Crippen LogP contribution is 2.71. The maximum absolute atomic E-state index is 14.2. The molecule has 0 aromatic carbocycles. The van der Waals surface area contributed by atoms with Crippen LogP contribution in [-0.4, -0.2) is 81.1 Å². The van der Waals surface area contributed by atoms with Crippen LogP contribution in [0.1, 0.15) is 65.2 Å². The molecule has 2 amide bonds. The van der Waals surface area contributed by atoms with Gasteiger partial charge in [-0.25, -0.2) is 0 Å². The number of esters is 1. The van der Waals surface area contributed by atoms with Gasteiger partial charge in [-0.3, -0.25) is 14.4 Å². The number of aliphatic hydroxyl groups excluding tert-OH is 1. The number of rotatable bonds is 15. The van der Waals surface area contributed by atoms with Crippen molar-refractivity contribution in [3.8, 4) is 0 Å². The molecule has 3 fully saturated rings. The monoisotopic (exact) mass is 506 g/mol. The number of nitrogens with zero attached hydrogens (tertiary/aromatic N) is 2. The van der Waals surface area contributed by atoms with Crippen molar-refractivity contribution in [2.75, 3.05) is 32.8 Å². The molecular formula is C27H42N2O5S. The number of amides is 2. The third kappa shape index (κ3) is 5.19. The largest absolute Gasteiger partial charge is 0.461 e. The second-order valence-corrected chi connectivity index (χ2v) is 12.1. The molecule has 3 aliphatic heterocycles. The van der Waals surface area contributed by atoms with Crippen molar-refractivity contribution in [1.29, 1.82) is 0 Å². The molecule has 0 aliphatic carbocycles. The Morgan fingerprint density at radius 2 is 1.97 bits per heavy atom. The normalized spacial score (nSPS) is 30.9. The molecule has 8 heteroatoms. The molecule has 5 atom stereocenters. The van der Waals surface area contributed by atoms with Crippen LogP contribution in [-0.2, 0) is 19.1 Å². The zero-order chi connectivity index (χ0) is 25.6. The molecule has 0 aromatic heterocycles. The molecule has 2 bridgehead atoms. The van der Waals surface area contributed by atoms with Gasteiger partial charge in [0.25, 0.3) is 0 Å². The fraction of sp³-hybridized carbons (Fsp3) is 0.741. The molecule has 196 valence electrons. The smallest absolute Gasteiger partial charge is 0.311 e. The summed E-state index contributed by atoms with van der Waals surface area (Å²) in [4.78, 5) is 44.9. The Labute approximate surface area is 214 Å². The van der Waals surface area contributed by atoms with E-state index in [9.17, 15) is 19.5 Å². The molecule has 2 unspecified atom stereocenters. The van der Waals surface area contributed by atoms with Crippen LogP contribution in [0.2, 0.25) is 0 Å². The van der Waals surface area contributed by atoms with Crippen molar-refractivity contribution in [2.24, 2.45) is 11.8 Å². The third-order valence-electron chi connectivity index (χ3n) is 7.86. The Bertz CT molecular complexity index is 819. The van der Waals surface area contributed by atoms with Crippen LogP contribution >= 0.6 is 11.8 Å². The van der Waals surface area contributed by atoms with E-state index in [0.29, 0.717) is 32.5 Å². The van der Waals surface area contributed by atoms with Gasteiger partial charge in [0.1, 0.15) is 12.6 Å². The van der Waals surface area contributed by atoms with E-state index in [4.69, 9.17) is 4.74 Å². The minimum atomic E-state index is -0.623. The Morgan fingerprint density at radius 3 is 2.63 bits per heavy atom. The van der Waals surface area contributed by atoms with Crippen LogP contribution in [0.5, 0.6) is 0 Å². The Balaban J connectivity index is 1.96. The van der Waals surface area contributed by atoms with Crippen LogP contribution in [0.15, 0.2) is 25.3 Å². The van der Waals surface area contributed by atoms with Gasteiger partial charge in [-0.15, -0.1) is 18.3 Å². The number of hydrogen-bond donors (Lipinski definition) is 1. The van der Waals surface area contributed by atoms with E-state index in [1.165, 1.54) is 6.08 Å². The van der Waals surface area contributed by atoms with Gasteiger partial charge in [-0.2, -0.15) is 0 Å². The zero-order valence-electron chi connectivity index (χ0n) is 21.4. The minimum Gasteiger partial charge on any atom is -0.461 e. The molecule has 35 heavy (non-hydrogen) atoms. The van der Waals surface area contributed by atoms with E-state index in [0.717, 1.165) is 38.5 Å². The van der Waals surface area contributed by atoms with E-state index in [1.807, 2.05) is 11.8 Å². The summed E-state index contributed by atoms with van der Waals surface area (Å²) in [5, 5.41) is 9.18. The molecule has 7 nitrogen and oxygen atoms in total. The number of carbonyl (C=O) groups is 3. The Hall–Kier alpha value is -1.80. The number of likely N-dealkylation sites (tertiary alicyclic amines) is 1. The van der Waals surface area contributed by atoms with Crippen molar-refractivity contribution >= 4 is 29.5 Å². The van der Waals surface area contributed by atoms with Crippen LogP contribution in [0.4, 0.5) is 0 Å². The van der Waals surface area contributed by atoms with E-state index in [1.54, 1.807) is 22.7 Å². The maximum atomic E-state index is 14.2. The fourth-order valence-electron chi connectivity index (χ4n) is 6.28. The van der Waals surface area contributed by atoms with Crippen molar-refractivity contribution in [3.05, 3.63) is 25.3 Å². The maximum Gasteiger partial charge on any atom is 0.311 e. The highest BCUT2D eigenvalue weighted by atomic mass is 32.2. The van der Waals surface area contributed by atoms with Crippen molar-refractivity contribution in [1.82, 2.24) is 9.80 Å². The molecule has 0 saturated carbocycles. The lowest BCUT2D eigenvalue weighted by molar-refractivity contribution is -0.154. The molecule has 1 N–H and O–H groups in total. The lowest BCUT2D eigenvalue weighted by atomic mass is 9.66. The summed E-state index contributed by atoms with van der Waals surface area (Å²) in [5.41, 5.74) is 0. The van der Waals surface area contributed by atoms with Crippen molar-refractivity contribution < 1.29 is 24.2 Å². The second kappa shape index (κ2) is 12.0. The van der Waals surface area contributed by atoms with Crippen LogP contribution in [0.25, 0.3) is 0 Å². The number of aliphatic hydroxyl groups is 1. The van der Waals surface area contributed by atoms with E-state index >= 15 is 0 Å². The number of ether oxygens (including phenoxy) is 1. The van der Waals surface area contributed by atoms with Crippen LogP contribution in [0, 0.1) is 11.8 Å². The Morgan fingerprint density at radius 1 is 1.20 bits per heavy atom. The van der Waals surface area contributed by atoms with Gasteiger partial charge >= 0.3 is 5.97 Å². The molecule has 3 heterocycles. The lowest BCUT2D eigenvalue weighted by Crippen LogP contribution is -2.55. The highest BCUT2D eigenvalue weighted by molar-refractivity contribution is 8.02. The molecular weight excluding hydrogens is 464 g/mol. The predicted octanol–water partition coefficient (Wildman–Crippen LogP) is 3.56. The summed E-state index contributed by atoms with van der Waals surface area (Å²) >= 11 is 1.67. The summed E-state index contributed by atoms with van der Waals surface area (Å²) < 4.78 is 4.42. The average Bonchev–Trinajstić information content (AvgIpc) is 3.40. The first kappa shape index (κ1) is 27.8. The quantitative estimate of drug-likeness (QED) is 0.208. The number of carbonyl (C=O) groups excluding carboxylic acids is 3. The number of unbranched alkanes of at least 4 members (excludes halogenated alkanes) is 4. The van der Waals surface area contributed by atoms with Gasteiger partial charge in [-0.1, -0.05) is 38.5 Å². The highest BCUT2D eigenvalue weighted by Gasteiger charge is 2.77. The van der Waals surface area contributed by atoms with E-state index in [2.05, 4.69) is 20.1 Å².